The van der Waals surface area contributed by atoms with E-state index in [0.717, 1.165) is 37.5 Å². The molecule has 4 aromatic rings. The Hall–Kier alpha value is -3.66. The summed E-state index contributed by atoms with van der Waals surface area (Å²) in [5, 5.41) is 11.3. The summed E-state index contributed by atoms with van der Waals surface area (Å²) < 4.78 is 30.9. The molecular weight excluding hydrogens is 442 g/mol. The number of carbonyl (C=O) groups excluding carboxylic acids is 1. The zero-order valence-corrected chi connectivity index (χ0v) is 18.7. The molecule has 1 N–H and O–H groups in total. The van der Waals surface area contributed by atoms with Gasteiger partial charge in [0.15, 0.2) is 0 Å². The van der Waals surface area contributed by atoms with Crippen molar-refractivity contribution in [2.24, 2.45) is 7.05 Å². The van der Waals surface area contributed by atoms with Crippen LogP contribution in [0.25, 0.3) is 21.9 Å². The number of amides is 1. The van der Waals surface area contributed by atoms with Gasteiger partial charge in [-0.1, -0.05) is 5.21 Å². The monoisotopic (exact) mass is 466 g/mol. The highest BCUT2D eigenvalue weighted by atomic mass is 19.1. The molecule has 8 nitrogen and oxygen atoms in total. The Kier molecular flexibility index (Phi) is 5.82. The van der Waals surface area contributed by atoms with Gasteiger partial charge in [0.25, 0.3) is 11.5 Å². The van der Waals surface area contributed by atoms with E-state index < -0.39 is 11.6 Å². The van der Waals surface area contributed by atoms with Gasteiger partial charge in [-0.15, -0.1) is 5.10 Å². The summed E-state index contributed by atoms with van der Waals surface area (Å²) in [6.07, 6.45) is 1.54. The SMILES string of the molecule is Cn1nnc2cc(C(=O)NC3CCN(CCn4c(=O)ccc5c(F)cc(F)cc54)CC3)ccc21. The number of nitrogens with one attached hydrogen (secondary N) is 1. The standard InChI is InChI=1S/C24H24F2N6O2/c1-30-21-4-2-15(12-20(21)28-29-30)24(34)27-17-6-8-31(9-7-17)10-11-32-22-14-16(25)13-19(26)18(22)3-5-23(32)33/h2-5,12-14,17H,6-11H2,1H3,(H,27,34). The predicted octanol–water partition coefficient (Wildman–Crippen LogP) is 2.46. The average molecular weight is 466 g/mol. The lowest BCUT2D eigenvalue weighted by Crippen LogP contribution is -2.45. The van der Waals surface area contributed by atoms with Crippen LogP contribution in [0.15, 0.2) is 47.3 Å². The maximum Gasteiger partial charge on any atom is 0.251 e. The Balaban J connectivity index is 1.19. The molecule has 0 unspecified atom stereocenters. The van der Waals surface area contributed by atoms with Crippen molar-refractivity contribution in [2.75, 3.05) is 19.6 Å². The highest BCUT2D eigenvalue weighted by Gasteiger charge is 2.22. The number of hydrogen-bond acceptors (Lipinski definition) is 5. The van der Waals surface area contributed by atoms with Crippen molar-refractivity contribution >= 4 is 27.8 Å². The number of nitrogens with zero attached hydrogens (tertiary/aromatic N) is 5. The normalized spacial score (nSPS) is 15.3. The molecule has 10 heteroatoms. The zero-order chi connectivity index (χ0) is 23.8. The minimum absolute atomic E-state index is 0.0461. The Morgan fingerprint density at radius 3 is 2.65 bits per heavy atom. The number of fused-ring (bicyclic) bond motifs is 2. The quantitative estimate of drug-likeness (QED) is 0.489. The molecule has 0 bridgehead atoms. The van der Waals surface area contributed by atoms with Crippen molar-refractivity contribution in [1.82, 2.24) is 29.8 Å². The van der Waals surface area contributed by atoms with Crippen LogP contribution in [0.5, 0.6) is 0 Å². The number of halogens is 2. The minimum atomic E-state index is -0.709. The van der Waals surface area contributed by atoms with E-state index in [4.69, 9.17) is 0 Å². The number of aromatic nitrogens is 4. The van der Waals surface area contributed by atoms with E-state index in [9.17, 15) is 18.4 Å². The fourth-order valence-electron chi connectivity index (χ4n) is 4.55. The second-order valence-electron chi connectivity index (χ2n) is 8.65. The Labute approximate surface area is 193 Å². The van der Waals surface area contributed by atoms with Crippen LogP contribution in [0.1, 0.15) is 23.2 Å². The van der Waals surface area contributed by atoms with Gasteiger partial charge in [-0.2, -0.15) is 0 Å². The molecule has 0 radical (unpaired) electrons. The molecule has 1 fully saturated rings. The van der Waals surface area contributed by atoms with E-state index in [0.29, 0.717) is 24.2 Å². The average Bonchev–Trinajstić information content (AvgIpc) is 3.19. The molecule has 1 aliphatic rings. The maximum absolute atomic E-state index is 14.1. The molecule has 176 valence electrons. The summed E-state index contributed by atoms with van der Waals surface area (Å²) in [6, 6.07) is 10.1. The number of benzene rings is 2. The number of rotatable bonds is 5. The number of likely N-dealkylation sites (tertiary alicyclic amines) is 1. The van der Waals surface area contributed by atoms with E-state index in [-0.39, 0.29) is 28.4 Å². The summed E-state index contributed by atoms with van der Waals surface area (Å²) >= 11 is 0. The lowest BCUT2D eigenvalue weighted by Gasteiger charge is -2.32. The molecule has 1 aliphatic heterocycles. The second-order valence-corrected chi connectivity index (χ2v) is 8.65. The number of aryl methyl sites for hydroxylation is 1. The van der Waals surface area contributed by atoms with Crippen molar-refractivity contribution in [3.63, 3.8) is 0 Å². The van der Waals surface area contributed by atoms with Gasteiger partial charge in [-0.25, -0.2) is 13.5 Å². The van der Waals surface area contributed by atoms with Gasteiger partial charge in [0, 0.05) is 62.4 Å². The topological polar surface area (TPSA) is 85.1 Å². The Morgan fingerprint density at radius 1 is 1.06 bits per heavy atom. The van der Waals surface area contributed by atoms with E-state index in [1.807, 2.05) is 6.07 Å². The van der Waals surface area contributed by atoms with Crippen LogP contribution in [-0.4, -0.2) is 56.0 Å². The first-order valence-electron chi connectivity index (χ1n) is 11.2. The zero-order valence-electron chi connectivity index (χ0n) is 18.7. The maximum atomic E-state index is 14.1. The van der Waals surface area contributed by atoms with Crippen LogP contribution in [0.2, 0.25) is 0 Å². The smallest absolute Gasteiger partial charge is 0.251 e. The number of piperidine rings is 1. The highest BCUT2D eigenvalue weighted by Crippen LogP contribution is 2.19. The molecule has 34 heavy (non-hydrogen) atoms. The molecule has 0 spiro atoms. The lowest BCUT2D eigenvalue weighted by molar-refractivity contribution is 0.0910. The largest absolute Gasteiger partial charge is 0.349 e. The van der Waals surface area contributed by atoms with E-state index >= 15 is 0 Å². The van der Waals surface area contributed by atoms with Crippen LogP contribution < -0.4 is 10.9 Å². The van der Waals surface area contributed by atoms with Crippen molar-refractivity contribution in [2.45, 2.75) is 25.4 Å². The van der Waals surface area contributed by atoms with E-state index in [1.165, 1.54) is 22.8 Å². The summed E-state index contributed by atoms with van der Waals surface area (Å²) in [4.78, 5) is 27.2. The third-order valence-electron chi connectivity index (χ3n) is 6.46. The van der Waals surface area contributed by atoms with Crippen LogP contribution >= 0.6 is 0 Å². The molecule has 0 atom stereocenters. The molecule has 0 aliphatic carbocycles. The third kappa shape index (κ3) is 4.28. The van der Waals surface area contributed by atoms with Gasteiger partial charge in [0.1, 0.15) is 17.2 Å². The minimum Gasteiger partial charge on any atom is -0.349 e. The number of carbonyl (C=O) groups is 1. The van der Waals surface area contributed by atoms with Crippen LogP contribution in [-0.2, 0) is 13.6 Å². The van der Waals surface area contributed by atoms with Crippen molar-refractivity contribution < 1.29 is 13.6 Å². The predicted molar refractivity (Wildman–Crippen MR) is 124 cm³/mol. The van der Waals surface area contributed by atoms with Crippen molar-refractivity contribution in [1.29, 1.82) is 0 Å². The van der Waals surface area contributed by atoms with Gasteiger partial charge in [-0.05, 0) is 43.2 Å². The molecule has 1 saturated heterocycles. The Bertz CT molecular complexity index is 1440. The first-order chi connectivity index (χ1) is 16.4. The van der Waals surface area contributed by atoms with Gasteiger partial charge in [0.05, 0.1) is 11.0 Å². The molecule has 3 heterocycles. The fraction of sp³-hybridized carbons (Fsp3) is 0.333. The van der Waals surface area contributed by atoms with Gasteiger partial charge < -0.3 is 14.8 Å². The lowest BCUT2D eigenvalue weighted by atomic mass is 10.0. The molecule has 1 amide bonds. The van der Waals surface area contributed by atoms with E-state index in [2.05, 4.69) is 20.5 Å². The first kappa shape index (κ1) is 22.1. The van der Waals surface area contributed by atoms with Gasteiger partial charge in [-0.3, -0.25) is 9.59 Å². The van der Waals surface area contributed by atoms with Gasteiger partial charge in [0.2, 0.25) is 0 Å². The summed E-state index contributed by atoms with van der Waals surface area (Å²) in [7, 11) is 1.80. The number of pyridine rings is 1. The first-order valence-corrected chi connectivity index (χ1v) is 11.2. The molecule has 2 aromatic heterocycles. The molecule has 0 saturated carbocycles. The highest BCUT2D eigenvalue weighted by molar-refractivity contribution is 5.97. The summed E-state index contributed by atoms with van der Waals surface area (Å²) in [5.41, 5.74) is 2.05. The number of hydrogen-bond donors (Lipinski definition) is 1. The molecular formula is C24H24F2N6O2. The van der Waals surface area contributed by atoms with Crippen LogP contribution in [0.3, 0.4) is 0 Å². The van der Waals surface area contributed by atoms with Crippen LogP contribution in [0, 0.1) is 11.6 Å². The van der Waals surface area contributed by atoms with Crippen LogP contribution in [0.4, 0.5) is 8.78 Å². The van der Waals surface area contributed by atoms with E-state index in [1.54, 1.807) is 23.9 Å². The molecule has 5 rings (SSSR count). The Morgan fingerprint density at radius 2 is 1.85 bits per heavy atom. The third-order valence-corrected chi connectivity index (χ3v) is 6.46. The molecule has 2 aromatic carbocycles. The fourth-order valence-corrected chi connectivity index (χ4v) is 4.55. The summed E-state index contributed by atoms with van der Waals surface area (Å²) in [6.45, 7) is 2.39. The summed E-state index contributed by atoms with van der Waals surface area (Å²) in [5.74, 6) is -1.53. The van der Waals surface area contributed by atoms with Crippen molar-refractivity contribution in [3.8, 4) is 0 Å². The van der Waals surface area contributed by atoms with Gasteiger partial charge >= 0.3 is 0 Å². The van der Waals surface area contributed by atoms with Crippen molar-refractivity contribution in [3.05, 3.63) is 70.0 Å². The second kappa shape index (κ2) is 8.94.